The van der Waals surface area contributed by atoms with Gasteiger partial charge in [0.05, 0.1) is 16.7 Å². The number of carbonyl (C=O) groups excluding carboxylic acids is 1. The lowest BCUT2D eigenvalue weighted by Gasteiger charge is -2.17. The third-order valence-electron chi connectivity index (χ3n) is 9.14. The van der Waals surface area contributed by atoms with Crippen molar-refractivity contribution in [2.75, 3.05) is 0 Å². The highest BCUT2D eigenvalue weighted by atomic mass is 16.1. The molecule has 0 atom stereocenters. The van der Waals surface area contributed by atoms with Crippen LogP contribution in [-0.2, 0) is 0 Å². The number of hydrogen-bond donors (Lipinski definition) is 0. The minimum Gasteiger partial charge on any atom is -0.309 e. The number of hydrogen-bond acceptors (Lipinski definition) is 1. The number of rotatable bonds is 4. The molecule has 0 amide bonds. The van der Waals surface area contributed by atoms with Gasteiger partial charge in [0.25, 0.3) is 0 Å². The maximum absolute atomic E-state index is 13.4. The largest absolute Gasteiger partial charge is 0.309 e. The van der Waals surface area contributed by atoms with E-state index in [-0.39, 0.29) is 5.78 Å². The third kappa shape index (κ3) is 4.00. The van der Waals surface area contributed by atoms with Crippen molar-refractivity contribution < 1.29 is 4.79 Å². The van der Waals surface area contributed by atoms with Gasteiger partial charge in [0.15, 0.2) is 5.78 Å². The first kappa shape index (κ1) is 25.5. The van der Waals surface area contributed by atoms with E-state index in [2.05, 4.69) is 126 Å². The van der Waals surface area contributed by atoms with Gasteiger partial charge in [-0.3, -0.25) is 4.79 Å². The fourth-order valence-corrected chi connectivity index (χ4v) is 7.03. The minimum atomic E-state index is 0.0351. The molecule has 0 saturated heterocycles. The molecular weight excluding hydrogens is 546 g/mol. The number of ketones is 1. The molecule has 0 aliphatic carbocycles. The van der Waals surface area contributed by atoms with Crippen molar-refractivity contribution in [3.8, 4) is 16.8 Å². The van der Waals surface area contributed by atoms with Crippen LogP contribution in [0.25, 0.3) is 70.9 Å². The summed E-state index contributed by atoms with van der Waals surface area (Å²) in [6, 6.07) is 57.1. The van der Waals surface area contributed by atoms with Crippen molar-refractivity contribution in [2.24, 2.45) is 0 Å². The minimum absolute atomic E-state index is 0.0351. The van der Waals surface area contributed by atoms with E-state index in [0.29, 0.717) is 11.1 Å². The molecule has 210 valence electrons. The zero-order valence-electron chi connectivity index (χ0n) is 24.4. The number of aromatic nitrogens is 1. The summed E-state index contributed by atoms with van der Waals surface area (Å²) >= 11 is 0. The molecule has 0 fully saturated rings. The molecule has 0 saturated carbocycles. The van der Waals surface area contributed by atoms with Gasteiger partial charge in [-0.2, -0.15) is 0 Å². The summed E-state index contributed by atoms with van der Waals surface area (Å²) in [7, 11) is 0. The maximum Gasteiger partial charge on any atom is 0.193 e. The van der Waals surface area contributed by atoms with E-state index < -0.39 is 0 Å². The first-order valence-corrected chi connectivity index (χ1v) is 15.3. The maximum atomic E-state index is 13.4. The van der Waals surface area contributed by atoms with Crippen LogP contribution in [0.3, 0.4) is 0 Å². The average Bonchev–Trinajstić information content (AvgIpc) is 3.44. The first-order chi connectivity index (χ1) is 22.2. The molecule has 1 heterocycles. The van der Waals surface area contributed by atoms with E-state index in [1.54, 1.807) is 0 Å². The molecular formula is C43H27NO. The van der Waals surface area contributed by atoms with Gasteiger partial charge in [-0.15, -0.1) is 0 Å². The summed E-state index contributed by atoms with van der Waals surface area (Å²) in [5.74, 6) is 0.0351. The smallest absolute Gasteiger partial charge is 0.193 e. The van der Waals surface area contributed by atoms with Crippen LogP contribution in [0.5, 0.6) is 0 Å². The molecule has 0 bridgehead atoms. The molecule has 1 aromatic heterocycles. The zero-order valence-corrected chi connectivity index (χ0v) is 24.4. The second-order valence-electron chi connectivity index (χ2n) is 11.7. The Hall–Kier alpha value is -5.99. The quantitative estimate of drug-likeness (QED) is 0.152. The van der Waals surface area contributed by atoms with E-state index in [9.17, 15) is 4.79 Å². The Labute approximate surface area is 260 Å². The monoisotopic (exact) mass is 573 g/mol. The molecule has 0 spiro atoms. The van der Waals surface area contributed by atoms with Crippen molar-refractivity contribution >= 4 is 59.9 Å². The van der Waals surface area contributed by atoms with Crippen LogP contribution in [0.15, 0.2) is 164 Å². The van der Waals surface area contributed by atoms with Crippen molar-refractivity contribution in [3.63, 3.8) is 0 Å². The van der Waals surface area contributed by atoms with Crippen molar-refractivity contribution in [1.82, 2.24) is 4.57 Å². The van der Waals surface area contributed by atoms with E-state index in [1.807, 2.05) is 42.5 Å². The Balaban J connectivity index is 1.36. The van der Waals surface area contributed by atoms with Crippen LogP contribution >= 0.6 is 0 Å². The summed E-state index contributed by atoms with van der Waals surface area (Å²) in [6.07, 6.45) is 0. The second kappa shape index (κ2) is 10.0. The Kier molecular flexibility index (Phi) is 5.69. The van der Waals surface area contributed by atoms with E-state index >= 15 is 0 Å². The van der Waals surface area contributed by atoms with Gasteiger partial charge in [0.1, 0.15) is 0 Å². The highest BCUT2D eigenvalue weighted by molar-refractivity contribution is 6.23. The van der Waals surface area contributed by atoms with Gasteiger partial charge in [-0.25, -0.2) is 0 Å². The van der Waals surface area contributed by atoms with Crippen molar-refractivity contribution in [2.45, 2.75) is 0 Å². The number of nitrogens with zero attached hydrogens (tertiary/aromatic N) is 1. The summed E-state index contributed by atoms with van der Waals surface area (Å²) in [6.45, 7) is 0. The van der Waals surface area contributed by atoms with Crippen LogP contribution in [0.4, 0.5) is 0 Å². The topological polar surface area (TPSA) is 22.0 Å². The van der Waals surface area contributed by atoms with Gasteiger partial charge >= 0.3 is 0 Å². The fourth-order valence-electron chi connectivity index (χ4n) is 7.03. The lowest BCUT2D eigenvalue weighted by atomic mass is 9.93. The average molecular weight is 574 g/mol. The van der Waals surface area contributed by atoms with E-state index in [4.69, 9.17) is 0 Å². The Morgan fingerprint density at radius 3 is 1.91 bits per heavy atom. The lowest BCUT2D eigenvalue weighted by molar-refractivity contribution is 0.103. The Morgan fingerprint density at radius 2 is 1.07 bits per heavy atom. The fraction of sp³-hybridized carbons (Fsp3) is 0. The number of benzene rings is 8. The molecule has 9 rings (SSSR count). The van der Waals surface area contributed by atoms with Crippen LogP contribution in [0, 0.1) is 0 Å². The number of carbonyl (C=O) groups is 1. The Bertz CT molecular complexity index is 2590. The molecule has 0 N–H and O–H groups in total. The van der Waals surface area contributed by atoms with Crippen LogP contribution < -0.4 is 0 Å². The summed E-state index contributed by atoms with van der Waals surface area (Å²) in [5, 5.41) is 9.42. The normalized spacial score (nSPS) is 11.6. The van der Waals surface area contributed by atoms with Gasteiger partial charge in [0, 0.05) is 27.3 Å². The molecule has 0 aliphatic heterocycles. The van der Waals surface area contributed by atoms with E-state index in [1.165, 1.54) is 54.5 Å². The highest BCUT2D eigenvalue weighted by Gasteiger charge is 2.19. The standard InChI is InChI=1S/C43H27NO/c45-43(29-13-5-2-6-14-29)33-20-22-35-32(25-33)19-23-37-34-16-8-7-15-31(34)27-41(42(35)37)44-39-18-10-9-17-36(39)38-26-30(21-24-40(38)44)28-11-3-1-4-12-28/h1-27H. The van der Waals surface area contributed by atoms with Gasteiger partial charge in [-0.05, 0) is 68.4 Å². The van der Waals surface area contributed by atoms with Crippen LogP contribution in [0.2, 0.25) is 0 Å². The predicted octanol–water partition coefficient (Wildman–Crippen LogP) is 11.1. The molecule has 45 heavy (non-hydrogen) atoms. The van der Waals surface area contributed by atoms with Gasteiger partial charge in [-0.1, -0.05) is 133 Å². The van der Waals surface area contributed by atoms with Crippen LogP contribution in [0.1, 0.15) is 15.9 Å². The molecule has 9 aromatic rings. The van der Waals surface area contributed by atoms with E-state index in [0.717, 1.165) is 16.5 Å². The van der Waals surface area contributed by atoms with Crippen molar-refractivity contribution in [1.29, 1.82) is 0 Å². The third-order valence-corrected chi connectivity index (χ3v) is 9.14. The Morgan fingerprint density at radius 1 is 0.400 bits per heavy atom. The number of para-hydroxylation sites is 1. The summed E-state index contributed by atoms with van der Waals surface area (Å²) in [4.78, 5) is 13.4. The predicted molar refractivity (Wildman–Crippen MR) is 189 cm³/mol. The van der Waals surface area contributed by atoms with Gasteiger partial charge < -0.3 is 4.57 Å². The molecule has 0 unspecified atom stereocenters. The van der Waals surface area contributed by atoms with Crippen molar-refractivity contribution in [3.05, 3.63) is 175 Å². The SMILES string of the molecule is O=C(c1ccccc1)c1ccc2c(ccc3c4ccccc4cc(-n4c5ccccc5c5cc(-c6ccccc6)ccc54)c23)c1. The highest BCUT2D eigenvalue weighted by Crippen LogP contribution is 2.41. The zero-order chi connectivity index (χ0) is 29.9. The van der Waals surface area contributed by atoms with Gasteiger partial charge in [0.2, 0.25) is 0 Å². The number of fused-ring (bicyclic) bond motifs is 8. The van der Waals surface area contributed by atoms with Crippen LogP contribution in [-0.4, -0.2) is 10.4 Å². The summed E-state index contributed by atoms with van der Waals surface area (Å²) in [5.41, 5.74) is 7.28. The molecule has 8 aromatic carbocycles. The summed E-state index contributed by atoms with van der Waals surface area (Å²) < 4.78 is 2.43. The molecule has 2 nitrogen and oxygen atoms in total. The molecule has 0 aliphatic rings. The second-order valence-corrected chi connectivity index (χ2v) is 11.7. The lowest BCUT2D eigenvalue weighted by Crippen LogP contribution is -2.01. The first-order valence-electron chi connectivity index (χ1n) is 15.3. The molecule has 2 heteroatoms. The molecule has 0 radical (unpaired) electrons.